The minimum atomic E-state index is -4.79. The molecule has 3 N–H and O–H groups in total. The van der Waals surface area contributed by atoms with E-state index in [4.69, 9.17) is 19.3 Å². The summed E-state index contributed by atoms with van der Waals surface area (Å²) >= 11 is 0. The van der Waals surface area contributed by atoms with E-state index in [1.165, 1.54) is 19.3 Å². The van der Waals surface area contributed by atoms with Gasteiger partial charge in [-0.15, -0.1) is 0 Å². The summed E-state index contributed by atoms with van der Waals surface area (Å²) in [6.07, 6.45) is 47.9. The predicted octanol–water partition coefficient (Wildman–Crippen LogP) is 10.8. The number of hydrogen-bond acceptors (Lipinski definition) is 7. The quantitative estimate of drug-likeness (QED) is 0.0253. The highest BCUT2D eigenvalue weighted by molar-refractivity contribution is 7.46. The molecule has 0 rings (SSSR count). The summed E-state index contributed by atoms with van der Waals surface area (Å²) < 4.78 is 26.2. The topological polar surface area (TPSA) is 140 Å². The first-order chi connectivity index (χ1) is 25.7. The van der Waals surface area contributed by atoms with Gasteiger partial charge in [-0.2, -0.15) is 0 Å². The molecule has 53 heavy (non-hydrogen) atoms. The van der Waals surface area contributed by atoms with Crippen molar-refractivity contribution in [2.24, 2.45) is 0 Å². The summed E-state index contributed by atoms with van der Waals surface area (Å²) in [5, 5.41) is 9.53. The molecule has 9 nitrogen and oxygen atoms in total. The highest BCUT2D eigenvalue weighted by Crippen LogP contribution is 2.35. The Morgan fingerprint density at radius 2 is 0.981 bits per heavy atom. The van der Waals surface area contributed by atoms with E-state index in [0.29, 0.717) is 25.7 Å². The second-order valence-corrected chi connectivity index (χ2v) is 13.9. The van der Waals surface area contributed by atoms with Crippen LogP contribution in [0.3, 0.4) is 0 Å². The Balaban J connectivity index is 4.19. The molecule has 0 saturated carbocycles. The van der Waals surface area contributed by atoms with Gasteiger partial charge in [0.05, 0.1) is 12.7 Å². The van der Waals surface area contributed by atoms with Gasteiger partial charge in [-0.3, -0.25) is 14.1 Å². The smallest absolute Gasteiger partial charge is 0.462 e. The van der Waals surface area contributed by atoms with Gasteiger partial charge in [0.1, 0.15) is 6.61 Å². The number of aliphatic hydroxyl groups is 1. The summed E-state index contributed by atoms with van der Waals surface area (Å²) in [4.78, 5) is 42.7. The molecule has 0 saturated heterocycles. The highest BCUT2D eigenvalue weighted by Gasteiger charge is 2.22. The molecule has 0 aliphatic carbocycles. The maximum absolute atomic E-state index is 12.4. The molecule has 0 unspecified atom stereocenters. The lowest BCUT2D eigenvalue weighted by molar-refractivity contribution is -0.161. The van der Waals surface area contributed by atoms with E-state index in [1.807, 2.05) is 25.2 Å². The van der Waals surface area contributed by atoms with Crippen LogP contribution in [0.2, 0.25) is 0 Å². The molecule has 300 valence electrons. The fraction of sp³-hybridized carbons (Fsp3) is 0.581. The highest BCUT2D eigenvalue weighted by atomic mass is 31.2. The number of esters is 2. The van der Waals surface area contributed by atoms with Crippen LogP contribution in [0.25, 0.3) is 0 Å². The van der Waals surface area contributed by atoms with E-state index in [0.717, 1.165) is 64.2 Å². The first kappa shape index (κ1) is 49.9. The largest absolute Gasteiger partial charge is 0.469 e. The fourth-order valence-corrected chi connectivity index (χ4v) is 4.99. The van der Waals surface area contributed by atoms with Crippen LogP contribution in [0.4, 0.5) is 0 Å². The van der Waals surface area contributed by atoms with Crippen LogP contribution < -0.4 is 0 Å². The summed E-state index contributed by atoms with van der Waals surface area (Å²) in [5.74, 6) is -1.05. The van der Waals surface area contributed by atoms with Crippen molar-refractivity contribution in [2.45, 2.75) is 148 Å². The van der Waals surface area contributed by atoms with Crippen LogP contribution in [0.1, 0.15) is 136 Å². The molecule has 2 atom stereocenters. The van der Waals surface area contributed by atoms with Crippen molar-refractivity contribution in [2.75, 3.05) is 13.2 Å². The Hall–Kier alpha value is -3.07. The lowest BCUT2D eigenvalue weighted by Gasteiger charge is -2.18. The Bertz CT molecular complexity index is 1190. The maximum Gasteiger partial charge on any atom is 0.469 e. The van der Waals surface area contributed by atoms with Gasteiger partial charge in [0, 0.05) is 12.8 Å². The van der Waals surface area contributed by atoms with Crippen LogP contribution in [-0.2, 0) is 28.2 Å². The number of carbonyl (C=O) groups is 2. The van der Waals surface area contributed by atoms with Gasteiger partial charge in [-0.1, -0.05) is 124 Å². The molecular weight excluding hydrogens is 691 g/mol. The Kier molecular flexibility index (Phi) is 35.1. The number of aliphatic hydroxyl groups excluding tert-OH is 1. The van der Waals surface area contributed by atoms with Gasteiger partial charge in [-0.25, -0.2) is 4.57 Å². The van der Waals surface area contributed by atoms with E-state index < -0.39 is 32.5 Å². The summed E-state index contributed by atoms with van der Waals surface area (Å²) in [5.41, 5.74) is 0. The first-order valence-corrected chi connectivity index (χ1v) is 21.1. The summed E-state index contributed by atoms with van der Waals surface area (Å²) in [7, 11) is -4.79. The van der Waals surface area contributed by atoms with Crippen molar-refractivity contribution >= 4 is 19.8 Å². The molecule has 0 fully saturated rings. The molecule has 0 radical (unpaired) electrons. The maximum atomic E-state index is 12.4. The molecule has 0 bridgehead atoms. The molecule has 0 heterocycles. The summed E-state index contributed by atoms with van der Waals surface area (Å²) in [6, 6.07) is 0. The SMILES string of the molecule is CCCCC/C=C\C/C=C\C/C=C\C/C=C\CCCC(=O)OC[C@H](COP(=O)(O)O)OC(=O)CCC/C=C\C/C=C\C/C=C\C/C=C\CC[C@H](O)CC. The number of rotatable bonds is 34. The third-order valence-corrected chi connectivity index (χ3v) is 8.22. The molecule has 0 aliphatic rings. The molecule has 0 amide bonds. The molecular formula is C43H69O9P. The first-order valence-electron chi connectivity index (χ1n) is 19.6. The van der Waals surface area contributed by atoms with Crippen molar-refractivity contribution in [3.05, 3.63) is 97.2 Å². The van der Waals surface area contributed by atoms with Crippen molar-refractivity contribution < 1.29 is 43.0 Å². The number of phosphoric acid groups is 1. The van der Waals surface area contributed by atoms with Crippen molar-refractivity contribution in [3.8, 4) is 0 Å². The van der Waals surface area contributed by atoms with Crippen molar-refractivity contribution in [3.63, 3.8) is 0 Å². The average Bonchev–Trinajstić information content (AvgIpc) is 3.13. The Morgan fingerprint density at radius 1 is 0.566 bits per heavy atom. The minimum absolute atomic E-state index is 0.105. The number of allylic oxidation sites excluding steroid dienone is 16. The van der Waals surface area contributed by atoms with Gasteiger partial charge in [-0.05, 0) is 96.3 Å². The van der Waals surface area contributed by atoms with Crippen LogP contribution in [0, 0.1) is 0 Å². The van der Waals surface area contributed by atoms with Crippen molar-refractivity contribution in [1.82, 2.24) is 0 Å². The third kappa shape index (κ3) is 40.0. The van der Waals surface area contributed by atoms with E-state index in [1.54, 1.807) is 0 Å². The number of carbonyl (C=O) groups excluding carboxylic acids is 2. The minimum Gasteiger partial charge on any atom is -0.462 e. The zero-order valence-electron chi connectivity index (χ0n) is 32.5. The molecule has 0 aromatic heterocycles. The molecule has 0 aliphatic heterocycles. The normalized spacial score (nSPS) is 14.1. The van der Waals surface area contributed by atoms with Gasteiger partial charge in [0.2, 0.25) is 0 Å². The van der Waals surface area contributed by atoms with E-state index in [2.05, 4.69) is 90.4 Å². The van der Waals surface area contributed by atoms with Gasteiger partial charge in [0.25, 0.3) is 0 Å². The molecule has 0 aromatic carbocycles. The van der Waals surface area contributed by atoms with Crippen LogP contribution in [0.5, 0.6) is 0 Å². The van der Waals surface area contributed by atoms with E-state index in [-0.39, 0.29) is 25.6 Å². The number of unbranched alkanes of at least 4 members (excludes halogenated alkanes) is 5. The van der Waals surface area contributed by atoms with Gasteiger partial charge >= 0.3 is 19.8 Å². The van der Waals surface area contributed by atoms with E-state index in [9.17, 15) is 19.3 Å². The third-order valence-electron chi connectivity index (χ3n) is 7.74. The number of ether oxygens (including phenoxy) is 2. The zero-order valence-corrected chi connectivity index (χ0v) is 33.4. The number of phosphoric ester groups is 1. The lowest BCUT2D eigenvalue weighted by atomic mass is 10.1. The van der Waals surface area contributed by atoms with Crippen molar-refractivity contribution in [1.29, 1.82) is 0 Å². The second kappa shape index (κ2) is 37.3. The van der Waals surface area contributed by atoms with Crippen LogP contribution in [-0.4, -0.2) is 52.3 Å². The Morgan fingerprint density at radius 3 is 1.42 bits per heavy atom. The van der Waals surface area contributed by atoms with E-state index >= 15 is 0 Å². The zero-order chi connectivity index (χ0) is 39.1. The standard InChI is InChI=1S/C43H69O9P/c1-3-5-6-7-8-9-10-11-12-13-14-18-21-24-27-30-33-36-42(45)50-38-41(39-51-53(47,48)49)52-43(46)37-34-31-28-25-22-19-16-15-17-20-23-26-29-32-35-40(44)4-2/h8-9,11-12,14,16-20,24-29,40-41,44H,3-7,10,13,15,21-23,30-39H2,1-2H3,(H2,47,48,49)/b9-8-,12-11-,18-14-,19-16-,20-17-,27-24-,28-25-,29-26-/t40-,41-/m1/s1. The monoisotopic (exact) mass is 760 g/mol. The molecule has 10 heteroatoms. The molecule has 0 aromatic rings. The predicted molar refractivity (Wildman–Crippen MR) is 217 cm³/mol. The van der Waals surface area contributed by atoms with Crippen LogP contribution >= 0.6 is 7.82 Å². The Labute approximate surface area is 320 Å². The van der Waals surface area contributed by atoms with Gasteiger partial charge in [0.15, 0.2) is 6.10 Å². The molecule has 0 spiro atoms. The van der Waals surface area contributed by atoms with Gasteiger partial charge < -0.3 is 24.4 Å². The fourth-order valence-electron chi connectivity index (χ4n) is 4.63. The summed E-state index contributed by atoms with van der Waals surface area (Å²) in [6.45, 7) is 3.26. The average molecular weight is 761 g/mol. The second-order valence-electron chi connectivity index (χ2n) is 12.7. The lowest BCUT2D eigenvalue weighted by Crippen LogP contribution is -2.29. The number of hydrogen-bond donors (Lipinski definition) is 3. The van der Waals surface area contributed by atoms with Crippen LogP contribution in [0.15, 0.2) is 97.2 Å².